The van der Waals surface area contributed by atoms with Crippen LogP contribution < -0.4 is 5.56 Å². The number of nitrogens with zero attached hydrogens (tertiary/aromatic N) is 4. The van der Waals surface area contributed by atoms with E-state index >= 15 is 0 Å². The Morgan fingerprint density at radius 1 is 0.274 bits per heavy atom. The topological polar surface area (TPSA) is 36.3 Å². The molecule has 62 heavy (non-hydrogen) atoms. The van der Waals surface area contributed by atoms with E-state index in [4.69, 9.17) is 0 Å². The Balaban J connectivity index is 1.05. The standard InChI is InChI=1S/C57H36N4O/c62-57-45-24-12-15-27-51(45)61-54-33-30-42(36-48(54)55(37-16-4-1-5-17-37)56(61)60(57)41-20-8-3-9-21-41)59-50-26-14-11-23-44(50)47-35-39(29-32-53(47)59)38-28-31-52-46(34-38)43-22-10-13-25-49(43)58(52)40-18-6-2-7-19-40/h1-36H. The van der Waals surface area contributed by atoms with Gasteiger partial charge in [0.05, 0.1) is 44.2 Å². The van der Waals surface area contributed by atoms with Crippen LogP contribution in [0, 0.1) is 0 Å². The van der Waals surface area contributed by atoms with Crippen molar-refractivity contribution in [1.29, 1.82) is 0 Å². The molecule has 5 nitrogen and oxygen atoms in total. The molecule has 13 aromatic rings. The maximum absolute atomic E-state index is 14.6. The molecule has 0 atom stereocenters. The number of hydrogen-bond acceptors (Lipinski definition) is 1. The summed E-state index contributed by atoms with van der Waals surface area (Å²) in [5.41, 5.74) is 14.8. The van der Waals surface area contributed by atoms with Crippen LogP contribution in [0.5, 0.6) is 0 Å². The van der Waals surface area contributed by atoms with Gasteiger partial charge in [-0.3, -0.25) is 13.8 Å². The molecule has 13 rings (SSSR count). The normalized spacial score (nSPS) is 11.9. The van der Waals surface area contributed by atoms with E-state index in [0.29, 0.717) is 5.39 Å². The number of hydrogen-bond donors (Lipinski definition) is 0. The van der Waals surface area contributed by atoms with E-state index in [9.17, 15) is 4.79 Å². The van der Waals surface area contributed by atoms with E-state index < -0.39 is 0 Å². The van der Waals surface area contributed by atoms with E-state index in [1.54, 1.807) is 0 Å². The van der Waals surface area contributed by atoms with Crippen molar-refractivity contribution >= 4 is 71.1 Å². The Morgan fingerprint density at radius 3 is 1.31 bits per heavy atom. The molecule has 0 bridgehead atoms. The highest BCUT2D eigenvalue weighted by Gasteiger charge is 2.23. The van der Waals surface area contributed by atoms with E-state index in [2.05, 4.69) is 177 Å². The predicted octanol–water partition coefficient (Wildman–Crippen LogP) is 13.9. The van der Waals surface area contributed by atoms with Crippen LogP contribution in [0.25, 0.3) is 110 Å². The maximum atomic E-state index is 14.6. The monoisotopic (exact) mass is 792 g/mol. The first kappa shape index (κ1) is 34.5. The largest absolute Gasteiger partial charge is 0.309 e. The average Bonchev–Trinajstić information content (AvgIpc) is 3.97. The van der Waals surface area contributed by atoms with E-state index in [-0.39, 0.29) is 5.56 Å². The quantitative estimate of drug-likeness (QED) is 0.171. The predicted molar refractivity (Wildman–Crippen MR) is 258 cm³/mol. The van der Waals surface area contributed by atoms with Crippen molar-refractivity contribution in [1.82, 2.24) is 18.1 Å². The van der Waals surface area contributed by atoms with Gasteiger partial charge in [0.25, 0.3) is 5.56 Å². The van der Waals surface area contributed by atoms with Crippen molar-refractivity contribution in [3.63, 3.8) is 0 Å². The summed E-state index contributed by atoms with van der Waals surface area (Å²) in [7, 11) is 0. The van der Waals surface area contributed by atoms with Crippen molar-refractivity contribution in [3.05, 3.63) is 229 Å². The van der Waals surface area contributed by atoms with Gasteiger partial charge in [-0.15, -0.1) is 0 Å². The van der Waals surface area contributed by atoms with Crippen LogP contribution in [0.4, 0.5) is 0 Å². The lowest BCUT2D eigenvalue weighted by molar-refractivity contribution is 1.01. The first-order valence-corrected chi connectivity index (χ1v) is 21.1. The first-order chi connectivity index (χ1) is 30.7. The van der Waals surface area contributed by atoms with Gasteiger partial charge in [-0.1, -0.05) is 127 Å². The molecule has 0 radical (unpaired) electrons. The van der Waals surface area contributed by atoms with Crippen LogP contribution in [-0.4, -0.2) is 18.1 Å². The van der Waals surface area contributed by atoms with Gasteiger partial charge in [-0.2, -0.15) is 0 Å². The lowest BCUT2D eigenvalue weighted by Crippen LogP contribution is -2.21. The molecule has 0 aliphatic heterocycles. The first-order valence-electron chi connectivity index (χ1n) is 21.1. The minimum Gasteiger partial charge on any atom is -0.309 e. The summed E-state index contributed by atoms with van der Waals surface area (Å²) in [5.74, 6) is 0. The Bertz CT molecular complexity index is 3980. The molecule has 0 amide bonds. The van der Waals surface area contributed by atoms with Crippen LogP contribution >= 0.6 is 0 Å². The molecule has 0 spiro atoms. The molecule has 0 saturated heterocycles. The van der Waals surface area contributed by atoms with Crippen molar-refractivity contribution < 1.29 is 0 Å². The molecule has 0 N–H and O–H groups in total. The smallest absolute Gasteiger partial charge is 0.266 e. The van der Waals surface area contributed by atoms with Crippen LogP contribution in [0.1, 0.15) is 0 Å². The molecule has 0 saturated carbocycles. The van der Waals surface area contributed by atoms with E-state index in [1.165, 1.54) is 43.7 Å². The van der Waals surface area contributed by atoms with Crippen LogP contribution in [0.15, 0.2) is 223 Å². The van der Waals surface area contributed by atoms with Gasteiger partial charge in [0.1, 0.15) is 5.65 Å². The number of aromatic nitrogens is 4. The summed E-state index contributed by atoms with van der Waals surface area (Å²) in [5, 5.41) is 6.60. The molecule has 0 unspecified atom stereocenters. The number of fused-ring (bicyclic) bond motifs is 11. The number of para-hydroxylation sites is 5. The zero-order chi connectivity index (χ0) is 40.9. The Hall–Kier alpha value is -8.41. The fourth-order valence-electron chi connectivity index (χ4n) is 10.1. The molecule has 5 heteroatoms. The highest BCUT2D eigenvalue weighted by atomic mass is 16.1. The minimum atomic E-state index is -0.0428. The summed E-state index contributed by atoms with van der Waals surface area (Å²) in [4.78, 5) is 14.6. The molecule has 9 aromatic carbocycles. The second-order valence-electron chi connectivity index (χ2n) is 16.1. The van der Waals surface area contributed by atoms with Gasteiger partial charge in [-0.25, -0.2) is 0 Å². The number of benzene rings is 9. The van der Waals surface area contributed by atoms with Crippen molar-refractivity contribution in [2.75, 3.05) is 0 Å². The van der Waals surface area contributed by atoms with Gasteiger partial charge in [-0.05, 0) is 108 Å². The van der Waals surface area contributed by atoms with Crippen LogP contribution in [0.2, 0.25) is 0 Å². The molecule has 4 heterocycles. The minimum absolute atomic E-state index is 0.0428. The zero-order valence-corrected chi connectivity index (χ0v) is 33.5. The highest BCUT2D eigenvalue weighted by molar-refractivity contribution is 6.14. The average molecular weight is 793 g/mol. The fourth-order valence-corrected chi connectivity index (χ4v) is 10.1. The maximum Gasteiger partial charge on any atom is 0.266 e. The summed E-state index contributed by atoms with van der Waals surface area (Å²) < 4.78 is 8.92. The number of rotatable bonds is 5. The second kappa shape index (κ2) is 13.3. The summed E-state index contributed by atoms with van der Waals surface area (Å²) in [6, 6.07) is 77.0. The van der Waals surface area contributed by atoms with Crippen LogP contribution in [-0.2, 0) is 0 Å². The van der Waals surface area contributed by atoms with Crippen molar-refractivity contribution in [2.45, 2.75) is 0 Å². The molecule has 0 fully saturated rings. The SMILES string of the molecule is O=c1c2ccccc2n2c3ccc(-n4c5ccccc5c5cc(-c6ccc7c(c6)c6ccccc6n7-c6ccccc6)ccc54)cc3c(-c3ccccc3)c2n1-c1ccccc1. The zero-order valence-electron chi connectivity index (χ0n) is 33.5. The third kappa shape index (κ3) is 4.93. The molecule has 290 valence electrons. The van der Waals surface area contributed by atoms with Crippen LogP contribution in [0.3, 0.4) is 0 Å². The highest BCUT2D eigenvalue weighted by Crippen LogP contribution is 2.42. The Morgan fingerprint density at radius 2 is 0.710 bits per heavy atom. The van der Waals surface area contributed by atoms with E-state index in [1.807, 2.05) is 59.2 Å². The fraction of sp³-hybridized carbons (Fsp3) is 0. The van der Waals surface area contributed by atoms with Gasteiger partial charge in [0.2, 0.25) is 0 Å². The Labute approximate surface area is 355 Å². The molecular weight excluding hydrogens is 757 g/mol. The third-order valence-electron chi connectivity index (χ3n) is 12.7. The van der Waals surface area contributed by atoms with Gasteiger partial charge < -0.3 is 9.13 Å². The van der Waals surface area contributed by atoms with Gasteiger partial charge in [0.15, 0.2) is 0 Å². The van der Waals surface area contributed by atoms with Gasteiger partial charge in [0, 0.05) is 43.9 Å². The Kier molecular flexibility index (Phi) is 7.39. The molecule has 0 aliphatic carbocycles. The molecule has 0 aliphatic rings. The summed E-state index contributed by atoms with van der Waals surface area (Å²) in [6.07, 6.45) is 0. The lowest BCUT2D eigenvalue weighted by atomic mass is 10.0. The van der Waals surface area contributed by atoms with Crippen molar-refractivity contribution in [2.24, 2.45) is 0 Å². The summed E-state index contributed by atoms with van der Waals surface area (Å²) in [6.45, 7) is 0. The molecular formula is C57H36N4O. The third-order valence-corrected chi connectivity index (χ3v) is 12.7. The van der Waals surface area contributed by atoms with E-state index in [0.717, 1.165) is 61.3 Å². The molecule has 4 aromatic heterocycles. The second-order valence-corrected chi connectivity index (χ2v) is 16.1. The lowest BCUT2D eigenvalue weighted by Gasteiger charge is -2.14. The van der Waals surface area contributed by atoms with Gasteiger partial charge >= 0.3 is 0 Å². The van der Waals surface area contributed by atoms with Crippen molar-refractivity contribution in [3.8, 4) is 39.3 Å². The summed E-state index contributed by atoms with van der Waals surface area (Å²) >= 11 is 0.